The van der Waals surface area contributed by atoms with E-state index in [0.29, 0.717) is 16.9 Å². The third-order valence-corrected chi connectivity index (χ3v) is 4.09. The molecule has 2 aromatic carbocycles. The minimum absolute atomic E-state index is 0.129. The van der Waals surface area contributed by atoms with Gasteiger partial charge in [0, 0.05) is 16.6 Å². The van der Waals surface area contributed by atoms with E-state index in [1.807, 2.05) is 31.2 Å². The molecule has 0 aliphatic carbocycles. The number of hydrogen-bond donors (Lipinski definition) is 2. The molecule has 0 bridgehead atoms. The lowest BCUT2D eigenvalue weighted by atomic mass is 10.1. The summed E-state index contributed by atoms with van der Waals surface area (Å²) in [6.45, 7) is 1.99. The molecule has 0 aliphatic heterocycles. The van der Waals surface area contributed by atoms with Crippen molar-refractivity contribution in [1.29, 1.82) is 0 Å². The van der Waals surface area contributed by atoms with Gasteiger partial charge in [-0.2, -0.15) is 0 Å². The van der Waals surface area contributed by atoms with Gasteiger partial charge in [0.15, 0.2) is 0 Å². The first-order chi connectivity index (χ1) is 10.0. The van der Waals surface area contributed by atoms with Crippen molar-refractivity contribution in [3.63, 3.8) is 0 Å². The fraction of sp³-hybridized carbons (Fsp3) is 0.188. The number of hydrogen-bond acceptors (Lipinski definition) is 3. The van der Waals surface area contributed by atoms with Crippen LogP contribution in [0.4, 0.5) is 11.4 Å². The minimum Gasteiger partial charge on any atom is -0.397 e. The average Bonchev–Trinajstić information content (AvgIpc) is 2.48. The van der Waals surface area contributed by atoms with E-state index in [-0.39, 0.29) is 19.1 Å². The third kappa shape index (κ3) is 3.43. The van der Waals surface area contributed by atoms with Gasteiger partial charge in [0.05, 0.1) is 18.0 Å². The number of aliphatic hydroxyl groups excluding tert-OH is 1. The zero-order valence-electron chi connectivity index (χ0n) is 11.7. The number of benzene rings is 2. The van der Waals surface area contributed by atoms with Crippen molar-refractivity contribution < 1.29 is 9.90 Å². The minimum atomic E-state index is -0.183. The Hall–Kier alpha value is -1.85. The van der Waals surface area contributed by atoms with E-state index in [2.05, 4.69) is 15.9 Å². The van der Waals surface area contributed by atoms with Crippen LogP contribution in [0.15, 0.2) is 46.9 Å². The fourth-order valence-corrected chi connectivity index (χ4v) is 2.34. The highest BCUT2D eigenvalue weighted by Gasteiger charge is 2.19. The molecule has 0 heterocycles. The van der Waals surface area contributed by atoms with Crippen molar-refractivity contribution >= 4 is 33.2 Å². The van der Waals surface area contributed by atoms with Gasteiger partial charge in [0.2, 0.25) is 0 Å². The third-order valence-electron chi connectivity index (χ3n) is 3.20. The van der Waals surface area contributed by atoms with Gasteiger partial charge < -0.3 is 15.7 Å². The topological polar surface area (TPSA) is 66.6 Å². The molecule has 5 heteroatoms. The summed E-state index contributed by atoms with van der Waals surface area (Å²) in [5.41, 5.74) is 8.59. The number of amides is 1. The van der Waals surface area contributed by atoms with Crippen LogP contribution in [0.2, 0.25) is 0 Å². The van der Waals surface area contributed by atoms with E-state index in [9.17, 15) is 9.90 Å². The molecule has 0 aromatic heterocycles. The summed E-state index contributed by atoms with van der Waals surface area (Å²) in [7, 11) is 0. The Morgan fingerprint density at radius 2 is 2.00 bits per heavy atom. The van der Waals surface area contributed by atoms with E-state index in [1.165, 1.54) is 4.90 Å². The first-order valence-corrected chi connectivity index (χ1v) is 7.37. The number of anilines is 2. The highest BCUT2D eigenvalue weighted by atomic mass is 79.9. The Labute approximate surface area is 132 Å². The summed E-state index contributed by atoms with van der Waals surface area (Å²) in [5.74, 6) is -0.183. The molecule has 3 N–H and O–H groups in total. The molecular weight excluding hydrogens is 332 g/mol. The van der Waals surface area contributed by atoms with Gasteiger partial charge in [-0.1, -0.05) is 28.1 Å². The molecule has 0 spiro atoms. The van der Waals surface area contributed by atoms with Crippen molar-refractivity contribution in [2.24, 2.45) is 0 Å². The summed E-state index contributed by atoms with van der Waals surface area (Å²) in [5, 5.41) is 9.24. The summed E-state index contributed by atoms with van der Waals surface area (Å²) >= 11 is 3.42. The largest absolute Gasteiger partial charge is 0.397 e. The lowest BCUT2D eigenvalue weighted by Crippen LogP contribution is -2.34. The monoisotopic (exact) mass is 348 g/mol. The lowest BCUT2D eigenvalue weighted by molar-refractivity contribution is 0.0981. The normalized spacial score (nSPS) is 10.4. The van der Waals surface area contributed by atoms with Crippen LogP contribution in [0.1, 0.15) is 15.9 Å². The molecule has 0 saturated heterocycles. The Morgan fingerprint density at radius 3 is 2.62 bits per heavy atom. The van der Waals surface area contributed by atoms with Gasteiger partial charge in [-0.25, -0.2) is 0 Å². The predicted octanol–water partition coefficient (Wildman–Crippen LogP) is 2.98. The van der Waals surface area contributed by atoms with Crippen LogP contribution in [0.25, 0.3) is 0 Å². The number of aliphatic hydroxyl groups is 1. The first kappa shape index (κ1) is 15.5. The molecule has 21 heavy (non-hydrogen) atoms. The van der Waals surface area contributed by atoms with Gasteiger partial charge >= 0.3 is 0 Å². The van der Waals surface area contributed by atoms with Crippen LogP contribution >= 0.6 is 15.9 Å². The molecule has 2 aromatic rings. The molecule has 0 radical (unpaired) electrons. The highest BCUT2D eigenvalue weighted by Crippen LogP contribution is 2.25. The molecule has 0 aliphatic rings. The van der Waals surface area contributed by atoms with Crippen LogP contribution in [-0.2, 0) is 0 Å². The average molecular weight is 349 g/mol. The van der Waals surface area contributed by atoms with Gasteiger partial charge in [-0.05, 0) is 42.8 Å². The summed E-state index contributed by atoms with van der Waals surface area (Å²) in [6, 6.07) is 12.5. The van der Waals surface area contributed by atoms with E-state index in [1.54, 1.807) is 18.2 Å². The second-order valence-corrected chi connectivity index (χ2v) is 5.56. The summed E-state index contributed by atoms with van der Waals surface area (Å²) in [4.78, 5) is 14.2. The van der Waals surface area contributed by atoms with Crippen molar-refractivity contribution in [1.82, 2.24) is 0 Å². The van der Waals surface area contributed by atoms with Crippen molar-refractivity contribution in [3.05, 3.63) is 58.1 Å². The Balaban J connectivity index is 2.40. The molecule has 4 nitrogen and oxygen atoms in total. The predicted molar refractivity (Wildman–Crippen MR) is 88.5 cm³/mol. The smallest absolute Gasteiger partial charge is 0.258 e. The maximum Gasteiger partial charge on any atom is 0.258 e. The number of rotatable bonds is 4. The van der Waals surface area contributed by atoms with Crippen LogP contribution in [0.3, 0.4) is 0 Å². The number of nitrogen functional groups attached to an aromatic ring is 1. The van der Waals surface area contributed by atoms with Gasteiger partial charge in [0.25, 0.3) is 5.91 Å². The van der Waals surface area contributed by atoms with Crippen LogP contribution in [-0.4, -0.2) is 24.2 Å². The Bertz CT molecular complexity index is 658. The molecule has 0 unspecified atom stereocenters. The Kier molecular flexibility index (Phi) is 4.98. The van der Waals surface area contributed by atoms with E-state index < -0.39 is 0 Å². The second-order valence-electron chi connectivity index (χ2n) is 4.70. The summed E-state index contributed by atoms with van der Waals surface area (Å²) < 4.78 is 0.951. The zero-order chi connectivity index (χ0) is 15.4. The van der Waals surface area contributed by atoms with Crippen molar-refractivity contribution in [3.8, 4) is 0 Å². The Morgan fingerprint density at radius 1 is 1.29 bits per heavy atom. The van der Waals surface area contributed by atoms with E-state index in [0.717, 1.165) is 10.0 Å². The van der Waals surface area contributed by atoms with Crippen molar-refractivity contribution in [2.75, 3.05) is 23.8 Å². The maximum atomic E-state index is 12.7. The van der Waals surface area contributed by atoms with Gasteiger partial charge in [0.1, 0.15) is 0 Å². The van der Waals surface area contributed by atoms with Crippen molar-refractivity contribution in [2.45, 2.75) is 6.92 Å². The van der Waals surface area contributed by atoms with E-state index >= 15 is 0 Å². The SMILES string of the molecule is Cc1cc(C(=O)N(CCO)c2ccccc2N)ccc1Br. The van der Waals surface area contributed by atoms with Crippen LogP contribution in [0, 0.1) is 6.92 Å². The van der Waals surface area contributed by atoms with Gasteiger partial charge in [-0.15, -0.1) is 0 Å². The van der Waals surface area contributed by atoms with Crippen LogP contribution in [0.5, 0.6) is 0 Å². The molecule has 2 rings (SSSR count). The van der Waals surface area contributed by atoms with Gasteiger partial charge in [-0.3, -0.25) is 4.79 Å². The molecule has 0 fully saturated rings. The fourth-order valence-electron chi connectivity index (χ4n) is 2.10. The number of aryl methyl sites for hydroxylation is 1. The van der Waals surface area contributed by atoms with Crippen LogP contribution < -0.4 is 10.6 Å². The number of nitrogens with zero attached hydrogens (tertiary/aromatic N) is 1. The lowest BCUT2D eigenvalue weighted by Gasteiger charge is -2.23. The molecule has 1 amide bonds. The zero-order valence-corrected chi connectivity index (χ0v) is 13.3. The summed E-state index contributed by atoms with van der Waals surface area (Å²) in [6.07, 6.45) is 0. The molecular formula is C16H17BrN2O2. The molecule has 0 saturated carbocycles. The number of para-hydroxylation sites is 2. The first-order valence-electron chi connectivity index (χ1n) is 6.58. The number of halogens is 1. The number of carbonyl (C=O) groups excluding carboxylic acids is 1. The second kappa shape index (κ2) is 6.74. The number of nitrogens with two attached hydrogens (primary N) is 1. The maximum absolute atomic E-state index is 12.7. The van der Waals surface area contributed by atoms with E-state index in [4.69, 9.17) is 5.73 Å². The molecule has 110 valence electrons. The highest BCUT2D eigenvalue weighted by molar-refractivity contribution is 9.10. The quantitative estimate of drug-likeness (QED) is 0.834. The molecule has 0 atom stereocenters. The standard InChI is InChI=1S/C16H17BrN2O2/c1-11-10-12(6-7-13(11)17)16(21)19(8-9-20)15-5-3-2-4-14(15)18/h2-7,10,20H,8-9,18H2,1H3. The number of carbonyl (C=O) groups is 1.